The number of primary amides is 1. The zero-order chi connectivity index (χ0) is 34.8. The third kappa shape index (κ3) is 5.86. The van der Waals surface area contributed by atoms with Gasteiger partial charge in [-0.15, -0.1) is 0 Å². The molecule has 2 bridgehead atoms. The van der Waals surface area contributed by atoms with Gasteiger partial charge in [0.05, 0.1) is 32.0 Å². The SMILES string of the molecule is CN(CCNC(=O)[C@H](CC(N)=O)NC(=O)OC(C)(C)C)C(=O)Oc1ccc2c3c1O[C@H]1C(=O)CC[C@@]4(O)C(C2)[N@+](C)(CC2CC2)CC[C@]314. The molecule has 14 nitrogen and oxygen atoms in total. The van der Waals surface area contributed by atoms with Crippen molar-refractivity contribution in [3.05, 3.63) is 23.3 Å². The molecule has 1 spiro atoms. The highest BCUT2D eigenvalue weighted by Gasteiger charge is 2.76. The summed E-state index contributed by atoms with van der Waals surface area (Å²) in [5.41, 5.74) is 4.28. The lowest BCUT2D eigenvalue weighted by Gasteiger charge is -2.64. The quantitative estimate of drug-likeness (QED) is 0.266. The predicted octanol–water partition coefficient (Wildman–Crippen LogP) is 1.28. The standard InChI is InChI=1S/C34H47N5O9/c1-32(2,3)48-30(43)37-21(17-25(35)41)29(42)36-13-14-38(4)31(44)46-23-9-8-20-16-24-34(45)11-10-22(40)28-33(34,26(20)27(23)47-28)12-15-39(24,5)18-19-6-7-19/h8-9,19,21,24,28,45H,6-7,10-18H2,1-5H3,(H3-,35,36,37,41,42,43)/p+1/t21-,24?,28-,33-,34+,39-/m0/s1. The normalized spacial score (nSPS) is 30.3. The Balaban J connectivity index is 1.14. The molecule has 5 N–H and O–H groups in total. The van der Waals surface area contributed by atoms with Crippen molar-refractivity contribution in [1.29, 1.82) is 0 Å². The minimum absolute atomic E-state index is 0.0186. The van der Waals surface area contributed by atoms with E-state index in [0.717, 1.165) is 28.7 Å². The number of ether oxygens (including phenoxy) is 3. The van der Waals surface area contributed by atoms with Gasteiger partial charge in [0.15, 0.2) is 23.4 Å². The molecule has 4 amide bonds. The second-order valence-electron chi connectivity index (χ2n) is 15.5. The summed E-state index contributed by atoms with van der Waals surface area (Å²) in [5, 5.41) is 17.6. The average molecular weight is 671 g/mol. The van der Waals surface area contributed by atoms with E-state index in [0.29, 0.717) is 30.9 Å². The van der Waals surface area contributed by atoms with Gasteiger partial charge in [0.25, 0.3) is 0 Å². The van der Waals surface area contributed by atoms with E-state index in [2.05, 4.69) is 17.7 Å². The molecule has 2 aliphatic heterocycles. The number of benzene rings is 1. The Morgan fingerprint density at radius 2 is 1.94 bits per heavy atom. The summed E-state index contributed by atoms with van der Waals surface area (Å²) in [7, 11) is 3.75. The van der Waals surface area contributed by atoms with Crippen LogP contribution in [0.4, 0.5) is 9.59 Å². The van der Waals surface area contributed by atoms with E-state index in [4.69, 9.17) is 19.9 Å². The number of Topliss-reactive ketones (excluding diaryl/α,β-unsaturated/α-hetero) is 1. The van der Waals surface area contributed by atoms with Crippen molar-refractivity contribution in [3.8, 4) is 11.5 Å². The zero-order valence-corrected chi connectivity index (χ0v) is 28.4. The number of likely N-dealkylation sites (tertiary alicyclic amines) is 1. The molecule has 2 saturated carbocycles. The summed E-state index contributed by atoms with van der Waals surface area (Å²) >= 11 is 0. The van der Waals surface area contributed by atoms with E-state index in [-0.39, 0.29) is 37.1 Å². The zero-order valence-electron chi connectivity index (χ0n) is 28.4. The summed E-state index contributed by atoms with van der Waals surface area (Å²) in [4.78, 5) is 64.4. The molecular formula is C34H48N5O9+. The molecule has 1 saturated heterocycles. The van der Waals surface area contributed by atoms with Gasteiger partial charge in [-0.25, -0.2) is 9.59 Å². The maximum absolute atomic E-state index is 13.4. The predicted molar refractivity (Wildman–Crippen MR) is 171 cm³/mol. The molecule has 5 aliphatic rings. The van der Waals surface area contributed by atoms with Crippen LogP contribution in [-0.2, 0) is 31.0 Å². The lowest BCUT2D eigenvalue weighted by Crippen LogP contribution is -2.80. The molecule has 1 aromatic rings. The molecule has 0 radical (unpaired) electrons. The third-order valence-electron chi connectivity index (χ3n) is 10.9. The van der Waals surface area contributed by atoms with Gasteiger partial charge in [-0.3, -0.25) is 14.4 Å². The molecule has 14 heteroatoms. The van der Waals surface area contributed by atoms with Crippen LogP contribution in [-0.4, -0.2) is 114 Å². The Labute approximate surface area is 280 Å². The second-order valence-corrected chi connectivity index (χ2v) is 15.5. The second kappa shape index (κ2) is 11.9. The molecule has 1 aromatic carbocycles. The van der Waals surface area contributed by atoms with Crippen molar-refractivity contribution in [2.24, 2.45) is 11.7 Å². The first kappa shape index (κ1) is 34.0. The lowest BCUT2D eigenvalue weighted by molar-refractivity contribution is -0.950. The van der Waals surface area contributed by atoms with Crippen molar-refractivity contribution >= 4 is 29.8 Å². The van der Waals surface area contributed by atoms with E-state index in [1.807, 2.05) is 6.07 Å². The largest absolute Gasteiger partial charge is 0.477 e. The van der Waals surface area contributed by atoms with Gasteiger partial charge in [-0.2, -0.15) is 0 Å². The number of piperidine rings is 1. The summed E-state index contributed by atoms with van der Waals surface area (Å²) in [6.07, 6.45) is 1.48. The highest BCUT2D eigenvalue weighted by molar-refractivity contribution is 5.91. The van der Waals surface area contributed by atoms with Crippen molar-refractivity contribution in [2.45, 2.75) is 101 Å². The fraction of sp³-hybridized carbons (Fsp3) is 0.676. The van der Waals surface area contributed by atoms with Crippen LogP contribution in [0.5, 0.6) is 11.5 Å². The fourth-order valence-electron chi connectivity index (χ4n) is 8.60. The minimum atomic E-state index is -1.26. The van der Waals surface area contributed by atoms with Crippen LogP contribution in [0.15, 0.2) is 12.1 Å². The smallest absolute Gasteiger partial charge is 0.415 e. The van der Waals surface area contributed by atoms with Crippen molar-refractivity contribution < 1.29 is 47.8 Å². The number of hydrogen-bond donors (Lipinski definition) is 4. The van der Waals surface area contributed by atoms with Gasteiger partial charge in [0.2, 0.25) is 11.8 Å². The number of quaternary nitrogens is 1. The van der Waals surface area contributed by atoms with Gasteiger partial charge in [-0.05, 0) is 51.7 Å². The van der Waals surface area contributed by atoms with Crippen LogP contribution in [0, 0.1) is 5.92 Å². The molecule has 6 atom stereocenters. The number of carbonyl (C=O) groups excluding carboxylic acids is 5. The Bertz CT molecular complexity index is 1540. The Morgan fingerprint density at radius 3 is 2.60 bits per heavy atom. The molecular weight excluding hydrogens is 622 g/mol. The molecule has 3 fully saturated rings. The van der Waals surface area contributed by atoms with Gasteiger partial charge in [0.1, 0.15) is 23.3 Å². The van der Waals surface area contributed by atoms with E-state index >= 15 is 0 Å². The molecule has 3 aliphatic carbocycles. The lowest BCUT2D eigenvalue weighted by atomic mass is 9.48. The number of ketones is 1. The monoisotopic (exact) mass is 670 g/mol. The Kier molecular flexibility index (Phi) is 8.42. The number of aliphatic hydroxyl groups is 1. The first-order valence-corrected chi connectivity index (χ1v) is 16.9. The summed E-state index contributed by atoms with van der Waals surface area (Å²) in [5.74, 6) is -0.294. The number of nitrogens with two attached hydrogens (primary N) is 1. The number of nitrogens with one attached hydrogen (secondary N) is 2. The molecule has 6 rings (SSSR count). The van der Waals surface area contributed by atoms with Crippen molar-refractivity contribution in [1.82, 2.24) is 15.5 Å². The highest BCUT2D eigenvalue weighted by atomic mass is 16.6. The molecule has 262 valence electrons. The average Bonchev–Trinajstić information content (AvgIpc) is 3.71. The van der Waals surface area contributed by atoms with Crippen LogP contribution >= 0.6 is 0 Å². The third-order valence-corrected chi connectivity index (χ3v) is 10.9. The van der Waals surface area contributed by atoms with Crippen molar-refractivity contribution in [3.63, 3.8) is 0 Å². The number of amides is 4. The Morgan fingerprint density at radius 1 is 1.21 bits per heavy atom. The number of alkyl carbamates (subject to hydrolysis) is 1. The summed E-state index contributed by atoms with van der Waals surface area (Å²) in [6, 6.07) is 2.31. The topological polar surface area (TPSA) is 187 Å². The molecule has 0 aromatic heterocycles. The van der Waals surface area contributed by atoms with Crippen LogP contribution in [0.3, 0.4) is 0 Å². The number of hydrogen-bond acceptors (Lipinski definition) is 9. The summed E-state index contributed by atoms with van der Waals surface area (Å²) < 4.78 is 18.2. The van der Waals surface area contributed by atoms with E-state index < -0.39 is 59.2 Å². The number of rotatable bonds is 10. The van der Waals surface area contributed by atoms with Gasteiger partial charge < -0.3 is 45.1 Å². The summed E-state index contributed by atoms with van der Waals surface area (Å²) in [6.45, 7) is 6.87. The minimum Gasteiger partial charge on any atom is -0.477 e. The van der Waals surface area contributed by atoms with E-state index in [1.165, 1.54) is 24.8 Å². The molecule has 2 heterocycles. The van der Waals surface area contributed by atoms with Crippen molar-refractivity contribution in [2.75, 3.05) is 40.3 Å². The van der Waals surface area contributed by atoms with Gasteiger partial charge >= 0.3 is 12.2 Å². The van der Waals surface area contributed by atoms with Crippen LogP contribution < -0.4 is 25.8 Å². The van der Waals surface area contributed by atoms with Crippen LogP contribution in [0.1, 0.15) is 70.4 Å². The van der Waals surface area contributed by atoms with Gasteiger partial charge in [-0.1, -0.05) is 6.07 Å². The maximum atomic E-state index is 13.4. The van der Waals surface area contributed by atoms with Crippen LogP contribution in [0.25, 0.3) is 0 Å². The highest BCUT2D eigenvalue weighted by Crippen LogP contribution is 2.66. The van der Waals surface area contributed by atoms with E-state index in [1.54, 1.807) is 26.8 Å². The molecule has 1 unspecified atom stereocenters. The fourth-order valence-corrected chi connectivity index (χ4v) is 8.60. The first-order chi connectivity index (χ1) is 22.5. The Hall–Kier alpha value is -3.91. The first-order valence-electron chi connectivity index (χ1n) is 16.9. The van der Waals surface area contributed by atoms with E-state index in [9.17, 15) is 29.1 Å². The molecule has 48 heavy (non-hydrogen) atoms. The maximum Gasteiger partial charge on any atom is 0.415 e. The number of carbonyl (C=O) groups is 5. The van der Waals surface area contributed by atoms with Crippen LogP contribution in [0.2, 0.25) is 0 Å². The number of likely N-dealkylation sites (N-methyl/N-ethyl adjacent to an activating group) is 2. The number of nitrogens with zero attached hydrogens (tertiary/aromatic N) is 2. The van der Waals surface area contributed by atoms with Gasteiger partial charge in [0, 0.05) is 50.9 Å².